The molecule has 178 valence electrons. The number of aromatic nitrogens is 1. The van der Waals surface area contributed by atoms with Crippen LogP contribution in [0.1, 0.15) is 45.6 Å². The van der Waals surface area contributed by atoms with Crippen molar-refractivity contribution in [3.05, 3.63) is 47.7 Å². The van der Waals surface area contributed by atoms with Crippen LogP contribution in [0.2, 0.25) is 0 Å². The van der Waals surface area contributed by atoms with E-state index in [0.29, 0.717) is 13.0 Å². The monoisotopic (exact) mass is 455 g/mol. The van der Waals surface area contributed by atoms with Crippen LogP contribution >= 0.6 is 0 Å². The second-order valence-corrected chi connectivity index (χ2v) is 10.0. The van der Waals surface area contributed by atoms with Crippen molar-refractivity contribution in [3.8, 4) is 0 Å². The maximum atomic E-state index is 13.2. The highest BCUT2D eigenvalue weighted by molar-refractivity contribution is 5.89. The van der Waals surface area contributed by atoms with Crippen molar-refractivity contribution in [1.82, 2.24) is 4.57 Å². The number of carbonyl (C=O) groups is 1. The van der Waals surface area contributed by atoms with Crippen molar-refractivity contribution in [3.63, 3.8) is 0 Å². The summed E-state index contributed by atoms with van der Waals surface area (Å²) in [5, 5.41) is 10.3. The van der Waals surface area contributed by atoms with Crippen LogP contribution in [-0.2, 0) is 25.6 Å². The maximum Gasteiger partial charge on any atom is 0.418 e. The largest absolute Gasteiger partial charge is 0.443 e. The number of aliphatic hydroxyl groups is 1. The molecule has 3 heterocycles. The van der Waals surface area contributed by atoms with Crippen molar-refractivity contribution in [2.24, 2.45) is 5.92 Å². The number of aliphatic hydroxyl groups excluding tert-OH is 1. The maximum absolute atomic E-state index is 13.2. The fourth-order valence-electron chi connectivity index (χ4n) is 5.71. The van der Waals surface area contributed by atoms with Crippen LogP contribution in [0.25, 0.3) is 10.9 Å². The second-order valence-electron chi connectivity index (χ2n) is 10.0. The van der Waals surface area contributed by atoms with Gasteiger partial charge in [-0.15, -0.1) is 0 Å². The topological polar surface area (TPSA) is 85.8 Å². The van der Waals surface area contributed by atoms with Gasteiger partial charge in [-0.2, -0.15) is 0 Å². The predicted molar refractivity (Wildman–Crippen MR) is 123 cm³/mol. The molecule has 1 aromatic heterocycles. The summed E-state index contributed by atoms with van der Waals surface area (Å²) in [7, 11) is 1.68. The van der Waals surface area contributed by atoms with E-state index in [-0.39, 0.29) is 42.0 Å². The molecule has 3 aliphatic rings. The predicted octanol–water partition coefficient (Wildman–Crippen LogP) is 4.19. The number of allylic oxidation sites excluding steroid dienone is 1. The molecule has 2 aliphatic heterocycles. The molecule has 7 heteroatoms. The fourth-order valence-corrected chi connectivity index (χ4v) is 5.71. The van der Waals surface area contributed by atoms with Gasteiger partial charge in [0.05, 0.1) is 30.8 Å². The molecule has 2 aromatic rings. The van der Waals surface area contributed by atoms with E-state index in [1.807, 2.05) is 24.3 Å². The number of hydrogen-bond acceptors (Lipinski definition) is 6. The summed E-state index contributed by atoms with van der Waals surface area (Å²) in [6.45, 7) is 6.98. The first-order valence-electron chi connectivity index (χ1n) is 11.7. The number of nitrogens with zero attached hydrogens (tertiary/aromatic N) is 1. The molecule has 1 aliphatic carbocycles. The molecular formula is C26H33NO6. The number of rotatable bonds is 6. The summed E-state index contributed by atoms with van der Waals surface area (Å²) in [6.07, 6.45) is 5.26. The molecule has 1 aromatic carbocycles. The molecule has 1 spiro atoms. The first kappa shape index (κ1) is 22.6. The molecule has 0 amide bonds. The molecule has 1 saturated carbocycles. The molecule has 0 unspecified atom stereocenters. The molecule has 3 fully saturated rings. The minimum absolute atomic E-state index is 0.00867. The van der Waals surface area contributed by atoms with Gasteiger partial charge >= 0.3 is 6.09 Å². The SMILES string of the molecule is CO[C@@H]1[C@H](OC(=O)n2ccc3cc(CO)ccc32)CC[C@]2(CO2)[C@H]1[C@@]1(C)O[C@@H]1CC=C(C)C. The molecular weight excluding hydrogens is 422 g/mol. The van der Waals surface area contributed by atoms with Gasteiger partial charge in [-0.3, -0.25) is 4.57 Å². The standard InChI is InChI=1S/C26H33NO6/c1-16(2)5-8-21-25(3,33-21)23-22(30-4)20(9-11-26(23)15-31-26)32-24(29)27-12-10-18-13-17(14-28)6-7-19(18)27/h5-7,10,12-13,20-23,28H,8-9,11,14-15H2,1-4H3/t20-,21-,22-,23-,25+,26+/m1/s1. The van der Waals surface area contributed by atoms with Gasteiger partial charge in [0.25, 0.3) is 0 Å². The molecule has 7 nitrogen and oxygen atoms in total. The van der Waals surface area contributed by atoms with Crippen molar-refractivity contribution < 1.29 is 28.8 Å². The van der Waals surface area contributed by atoms with Crippen LogP contribution in [-0.4, -0.2) is 59.0 Å². The first-order chi connectivity index (χ1) is 15.8. The Kier molecular flexibility index (Phi) is 5.64. The van der Waals surface area contributed by atoms with Gasteiger partial charge in [-0.25, -0.2) is 4.79 Å². The fraction of sp³-hybridized carbons (Fsp3) is 0.577. The first-order valence-corrected chi connectivity index (χ1v) is 11.7. The third-order valence-corrected chi connectivity index (χ3v) is 7.62. The summed E-state index contributed by atoms with van der Waals surface area (Å²) in [5.74, 6) is -0.00867. The Balaban J connectivity index is 1.36. The summed E-state index contributed by atoms with van der Waals surface area (Å²) < 4.78 is 25.8. The van der Waals surface area contributed by atoms with E-state index in [2.05, 4.69) is 26.8 Å². The third kappa shape index (κ3) is 3.91. The zero-order chi connectivity index (χ0) is 23.4. The highest BCUT2D eigenvalue weighted by Gasteiger charge is 2.72. The Morgan fingerprint density at radius 2 is 2.12 bits per heavy atom. The van der Waals surface area contributed by atoms with E-state index in [4.69, 9.17) is 18.9 Å². The molecule has 0 radical (unpaired) electrons. The average Bonchev–Trinajstić information content (AvgIpc) is 3.66. The number of benzene rings is 1. The summed E-state index contributed by atoms with van der Waals surface area (Å²) in [4.78, 5) is 13.2. The smallest absolute Gasteiger partial charge is 0.418 e. The van der Waals surface area contributed by atoms with Crippen molar-refractivity contribution in [1.29, 1.82) is 0 Å². The Labute approximate surface area is 194 Å². The number of epoxide rings is 2. The number of carbonyl (C=O) groups excluding carboxylic acids is 1. The Bertz CT molecular complexity index is 1080. The second kappa shape index (κ2) is 8.24. The molecule has 2 saturated heterocycles. The summed E-state index contributed by atoms with van der Waals surface area (Å²) in [6, 6.07) is 7.37. The van der Waals surface area contributed by atoms with Crippen LogP contribution in [0.5, 0.6) is 0 Å². The van der Waals surface area contributed by atoms with Gasteiger partial charge in [0.1, 0.15) is 23.4 Å². The number of methoxy groups -OCH3 is 1. The van der Waals surface area contributed by atoms with Gasteiger partial charge < -0.3 is 24.1 Å². The lowest BCUT2D eigenvalue weighted by Crippen LogP contribution is -2.55. The van der Waals surface area contributed by atoms with E-state index in [0.717, 1.165) is 29.3 Å². The molecule has 5 rings (SSSR count). The average molecular weight is 456 g/mol. The Hall–Kier alpha value is -2.19. The zero-order valence-corrected chi connectivity index (χ0v) is 19.7. The van der Waals surface area contributed by atoms with Crippen LogP contribution in [0.4, 0.5) is 4.79 Å². The van der Waals surface area contributed by atoms with Gasteiger partial charge in [-0.05, 0) is 63.8 Å². The van der Waals surface area contributed by atoms with E-state index in [1.54, 1.807) is 13.3 Å². The Morgan fingerprint density at radius 3 is 2.79 bits per heavy atom. The highest BCUT2D eigenvalue weighted by atomic mass is 16.6. The normalized spacial score (nSPS) is 34.9. The van der Waals surface area contributed by atoms with Crippen molar-refractivity contribution in [2.75, 3.05) is 13.7 Å². The minimum atomic E-state index is -0.428. The molecule has 0 bridgehead atoms. The molecule has 33 heavy (non-hydrogen) atoms. The third-order valence-electron chi connectivity index (χ3n) is 7.62. The van der Waals surface area contributed by atoms with E-state index < -0.39 is 6.09 Å². The van der Waals surface area contributed by atoms with Gasteiger partial charge in [-0.1, -0.05) is 17.7 Å². The Morgan fingerprint density at radius 1 is 1.33 bits per heavy atom. The quantitative estimate of drug-likeness (QED) is 0.519. The van der Waals surface area contributed by atoms with Crippen LogP contribution < -0.4 is 0 Å². The van der Waals surface area contributed by atoms with Gasteiger partial charge in [0.15, 0.2) is 0 Å². The van der Waals surface area contributed by atoms with E-state index in [9.17, 15) is 9.90 Å². The van der Waals surface area contributed by atoms with Crippen LogP contribution in [0, 0.1) is 5.92 Å². The summed E-state index contributed by atoms with van der Waals surface area (Å²) >= 11 is 0. The van der Waals surface area contributed by atoms with Crippen molar-refractivity contribution >= 4 is 17.0 Å². The van der Waals surface area contributed by atoms with Crippen LogP contribution in [0.15, 0.2) is 42.1 Å². The van der Waals surface area contributed by atoms with E-state index in [1.165, 1.54) is 10.1 Å². The van der Waals surface area contributed by atoms with Crippen molar-refractivity contribution in [2.45, 2.75) is 76.2 Å². The molecule has 6 atom stereocenters. The number of ether oxygens (including phenoxy) is 4. The minimum Gasteiger partial charge on any atom is -0.443 e. The lowest BCUT2D eigenvalue weighted by atomic mass is 9.68. The number of fused-ring (bicyclic) bond motifs is 1. The van der Waals surface area contributed by atoms with Crippen LogP contribution in [0.3, 0.4) is 0 Å². The number of hydrogen-bond donors (Lipinski definition) is 1. The lowest BCUT2D eigenvalue weighted by molar-refractivity contribution is -0.117. The lowest BCUT2D eigenvalue weighted by Gasteiger charge is -2.42. The highest BCUT2D eigenvalue weighted by Crippen LogP contribution is 2.59. The van der Waals surface area contributed by atoms with Gasteiger partial charge in [0, 0.05) is 18.7 Å². The zero-order valence-electron chi connectivity index (χ0n) is 19.7. The molecule has 1 N–H and O–H groups in total. The van der Waals surface area contributed by atoms with Gasteiger partial charge in [0.2, 0.25) is 0 Å². The van der Waals surface area contributed by atoms with E-state index >= 15 is 0 Å². The summed E-state index contributed by atoms with van der Waals surface area (Å²) in [5.41, 5.74) is 2.21.